The largest absolute Gasteiger partial charge is 0.317 e. The normalized spacial score (nSPS) is 15.3. The van der Waals surface area contributed by atoms with Gasteiger partial charge in [0.05, 0.1) is 22.8 Å². The van der Waals surface area contributed by atoms with Gasteiger partial charge < -0.3 is 15.1 Å². The third-order valence-corrected chi connectivity index (χ3v) is 15.5. The SMILES string of the molecule is CCc1nc2ccc(C3CCN(S(N)(=O)=O)CC3)cn2c1N(C)c1nc(-c2ccc(F)cc2)cs1.CCc1nc2ccc(C3CCNCC3)cn2c1N(C)c1nc(-c2ccc(F)cc2)cs1. The van der Waals surface area contributed by atoms with Crippen LogP contribution >= 0.6 is 22.7 Å². The second-order valence-electron chi connectivity index (χ2n) is 16.8. The molecule has 0 amide bonds. The molecule has 18 heteroatoms. The van der Waals surface area contributed by atoms with E-state index in [1.165, 1.54) is 58.3 Å². The molecule has 8 aromatic rings. The van der Waals surface area contributed by atoms with Gasteiger partial charge in [0.1, 0.15) is 34.6 Å². The van der Waals surface area contributed by atoms with E-state index in [-0.39, 0.29) is 17.6 Å². The van der Waals surface area contributed by atoms with Crippen LogP contribution in [0.25, 0.3) is 33.8 Å². The Morgan fingerprint density at radius 2 is 1.08 bits per heavy atom. The summed E-state index contributed by atoms with van der Waals surface area (Å²) >= 11 is 3.11. The first-order valence-electron chi connectivity index (χ1n) is 22.3. The molecule has 2 fully saturated rings. The van der Waals surface area contributed by atoms with Crippen molar-refractivity contribution in [3.8, 4) is 22.5 Å². The van der Waals surface area contributed by atoms with Crippen LogP contribution in [0.5, 0.6) is 0 Å². The van der Waals surface area contributed by atoms with Crippen LogP contribution in [0.4, 0.5) is 30.7 Å². The average molecular weight is 950 g/mol. The highest BCUT2D eigenvalue weighted by atomic mass is 32.2. The van der Waals surface area contributed by atoms with Crippen molar-refractivity contribution < 1.29 is 17.2 Å². The maximum atomic E-state index is 13.3. The van der Waals surface area contributed by atoms with Crippen molar-refractivity contribution in [3.63, 3.8) is 0 Å². The first kappa shape index (κ1) is 45.5. The standard InChI is InChI=1S/C24H27FN6O2S2.C24H26FN5S/c1-3-20-23(29(2)24-28-21(15-34-24)17-4-7-19(25)8-5-17)31-14-18(6-9-22(31)27-20)16-10-12-30(13-11-16)35(26,32)33;1-3-20-23(29(2)24-28-21(15-31-24)17-4-7-19(25)8-5-17)30-14-18(6-9-22(30)27-20)16-10-12-26-13-11-16/h4-9,14-16H,3,10-13H2,1-2H3,(H2,26,32,33);4-9,14-16,26H,3,10-13H2,1-2H3. The first-order valence-corrected chi connectivity index (χ1v) is 25.6. The Morgan fingerprint density at radius 1 is 0.652 bits per heavy atom. The Kier molecular flexibility index (Phi) is 13.3. The van der Waals surface area contributed by atoms with Gasteiger partial charge in [-0.2, -0.15) is 12.7 Å². The van der Waals surface area contributed by atoms with Gasteiger partial charge in [0, 0.05) is 61.5 Å². The molecule has 13 nitrogen and oxygen atoms in total. The number of fused-ring (bicyclic) bond motifs is 2. The molecule has 0 unspecified atom stereocenters. The van der Waals surface area contributed by atoms with E-state index < -0.39 is 10.2 Å². The predicted octanol–water partition coefficient (Wildman–Crippen LogP) is 9.70. The molecule has 8 heterocycles. The van der Waals surface area contributed by atoms with E-state index in [0.29, 0.717) is 19.0 Å². The Hall–Kier alpha value is -5.63. The van der Waals surface area contributed by atoms with Crippen LogP contribution in [-0.4, -0.2) is 81.7 Å². The number of hydrogen-bond donors (Lipinski definition) is 2. The number of hydrogen-bond acceptors (Lipinski definition) is 11. The molecule has 0 spiro atoms. The van der Waals surface area contributed by atoms with E-state index in [0.717, 1.165) is 111 Å². The smallest absolute Gasteiger partial charge is 0.276 e. The van der Waals surface area contributed by atoms with Crippen LogP contribution in [-0.2, 0) is 23.1 Å². The number of piperidine rings is 2. The molecular weight excluding hydrogens is 897 g/mol. The lowest BCUT2D eigenvalue weighted by atomic mass is 9.91. The van der Waals surface area contributed by atoms with Crippen molar-refractivity contribution in [2.45, 2.75) is 64.2 Å². The number of halogens is 2. The number of aryl methyl sites for hydroxylation is 2. The summed E-state index contributed by atoms with van der Waals surface area (Å²) in [7, 11) is 0.380. The third kappa shape index (κ3) is 9.48. The number of pyridine rings is 2. The van der Waals surface area contributed by atoms with Crippen molar-refractivity contribution in [1.82, 2.24) is 38.4 Å². The highest BCUT2D eigenvalue weighted by Gasteiger charge is 2.28. The van der Waals surface area contributed by atoms with Crippen molar-refractivity contribution in [1.29, 1.82) is 0 Å². The lowest BCUT2D eigenvalue weighted by Gasteiger charge is -2.30. The summed E-state index contributed by atoms with van der Waals surface area (Å²) < 4.78 is 55.6. The summed E-state index contributed by atoms with van der Waals surface area (Å²) in [5.41, 5.74) is 9.79. The minimum absolute atomic E-state index is 0.237. The van der Waals surface area contributed by atoms with E-state index in [4.69, 9.17) is 25.1 Å². The van der Waals surface area contributed by atoms with Gasteiger partial charge in [-0.3, -0.25) is 8.80 Å². The third-order valence-electron chi connectivity index (χ3n) is 12.6. The number of benzene rings is 2. The number of nitrogens with one attached hydrogen (secondary N) is 1. The van der Waals surface area contributed by atoms with Gasteiger partial charge in [0.25, 0.3) is 10.2 Å². The summed E-state index contributed by atoms with van der Waals surface area (Å²) in [6, 6.07) is 21.3. The number of anilines is 4. The van der Waals surface area contributed by atoms with E-state index >= 15 is 0 Å². The molecule has 0 radical (unpaired) electrons. The van der Waals surface area contributed by atoms with Crippen LogP contribution in [0.3, 0.4) is 0 Å². The van der Waals surface area contributed by atoms with E-state index in [1.807, 2.05) is 35.8 Å². The molecule has 344 valence electrons. The molecule has 0 saturated carbocycles. The first-order chi connectivity index (χ1) is 31.9. The van der Waals surface area contributed by atoms with Crippen LogP contribution in [0.2, 0.25) is 0 Å². The molecule has 2 aliphatic heterocycles. The summed E-state index contributed by atoms with van der Waals surface area (Å²) in [5.74, 6) is 2.33. The summed E-state index contributed by atoms with van der Waals surface area (Å²) in [5, 5.41) is 14.4. The Bertz CT molecular complexity index is 3060. The topological polar surface area (TPSA) is 142 Å². The van der Waals surface area contributed by atoms with E-state index in [2.05, 4.69) is 63.5 Å². The molecular formula is C48H53F2N11O2S3. The second kappa shape index (κ2) is 19.3. The van der Waals surface area contributed by atoms with Crippen molar-refractivity contribution >= 4 is 66.1 Å². The molecule has 0 aliphatic carbocycles. The van der Waals surface area contributed by atoms with Gasteiger partial charge in [-0.1, -0.05) is 26.0 Å². The van der Waals surface area contributed by atoms with Crippen molar-refractivity contribution in [3.05, 3.63) is 130 Å². The lowest BCUT2D eigenvalue weighted by Crippen LogP contribution is -2.41. The molecule has 2 aliphatic rings. The Balaban J connectivity index is 0.000000167. The fourth-order valence-electron chi connectivity index (χ4n) is 8.99. The monoisotopic (exact) mass is 949 g/mol. The zero-order valence-corrected chi connectivity index (χ0v) is 39.8. The highest BCUT2D eigenvalue weighted by Crippen LogP contribution is 2.37. The maximum Gasteiger partial charge on any atom is 0.276 e. The van der Waals surface area contributed by atoms with E-state index in [1.54, 1.807) is 35.6 Å². The molecule has 2 aromatic carbocycles. The van der Waals surface area contributed by atoms with Gasteiger partial charge in [0.2, 0.25) is 0 Å². The molecule has 0 atom stereocenters. The average Bonchev–Trinajstić information content (AvgIpc) is 4.17. The zero-order chi connectivity index (χ0) is 46.1. The maximum absolute atomic E-state index is 13.3. The Labute approximate surface area is 391 Å². The zero-order valence-electron chi connectivity index (χ0n) is 37.4. The second-order valence-corrected chi connectivity index (χ2v) is 20.0. The van der Waals surface area contributed by atoms with Gasteiger partial charge in [0.15, 0.2) is 10.3 Å². The number of thiazole rings is 2. The van der Waals surface area contributed by atoms with Gasteiger partial charge >= 0.3 is 0 Å². The van der Waals surface area contributed by atoms with Crippen molar-refractivity contribution in [2.24, 2.45) is 5.14 Å². The van der Waals surface area contributed by atoms with Crippen molar-refractivity contribution in [2.75, 3.05) is 50.1 Å². The van der Waals surface area contributed by atoms with E-state index in [9.17, 15) is 17.2 Å². The highest BCUT2D eigenvalue weighted by molar-refractivity contribution is 7.86. The molecule has 6 aromatic heterocycles. The summed E-state index contributed by atoms with van der Waals surface area (Å²) in [4.78, 5) is 23.5. The fraction of sp³-hybridized carbons (Fsp3) is 0.333. The van der Waals surface area contributed by atoms with Gasteiger partial charge in [-0.15, -0.1) is 22.7 Å². The molecule has 0 bridgehead atoms. The van der Waals surface area contributed by atoms with Crippen LogP contribution < -0.4 is 20.3 Å². The molecule has 3 N–H and O–H groups in total. The predicted molar refractivity (Wildman–Crippen MR) is 262 cm³/mol. The number of imidazole rings is 2. The van der Waals surface area contributed by atoms with Gasteiger partial charge in [-0.25, -0.2) is 33.9 Å². The number of nitrogens with zero attached hydrogens (tertiary/aromatic N) is 9. The minimum atomic E-state index is -3.65. The van der Waals surface area contributed by atoms with Crippen LogP contribution in [0, 0.1) is 11.6 Å². The lowest BCUT2D eigenvalue weighted by molar-refractivity contribution is 0.319. The summed E-state index contributed by atoms with van der Waals surface area (Å²) in [6.45, 7) is 7.20. The number of aromatic nitrogens is 6. The van der Waals surface area contributed by atoms with Crippen LogP contribution in [0.1, 0.15) is 73.9 Å². The molecule has 66 heavy (non-hydrogen) atoms. The number of nitrogens with two attached hydrogens (primary N) is 1. The molecule has 2 saturated heterocycles. The summed E-state index contributed by atoms with van der Waals surface area (Å²) in [6.07, 6.45) is 9.75. The Morgan fingerprint density at radius 3 is 1.48 bits per heavy atom. The quantitative estimate of drug-likeness (QED) is 0.130. The number of rotatable bonds is 11. The van der Waals surface area contributed by atoms with Gasteiger partial charge in [-0.05, 0) is 135 Å². The fourth-order valence-corrected chi connectivity index (χ4v) is 11.3. The minimum Gasteiger partial charge on any atom is -0.317 e. The molecule has 10 rings (SSSR count). The van der Waals surface area contributed by atoms with Crippen LogP contribution in [0.15, 0.2) is 96.0 Å².